The first kappa shape index (κ1) is 13.3. The molecule has 2 nitrogen and oxygen atoms in total. The summed E-state index contributed by atoms with van der Waals surface area (Å²) in [5, 5.41) is 0. The van der Waals surface area contributed by atoms with Crippen LogP contribution in [-0.4, -0.2) is 36.1 Å². The van der Waals surface area contributed by atoms with Crippen LogP contribution in [0.2, 0.25) is 0 Å². The highest BCUT2D eigenvalue weighted by Crippen LogP contribution is 2.21. The van der Waals surface area contributed by atoms with Gasteiger partial charge in [-0.2, -0.15) is 0 Å². The van der Waals surface area contributed by atoms with Crippen molar-refractivity contribution in [1.82, 2.24) is 4.90 Å². The van der Waals surface area contributed by atoms with E-state index >= 15 is 0 Å². The van der Waals surface area contributed by atoms with Crippen LogP contribution in [0.25, 0.3) is 0 Å². The Morgan fingerprint density at radius 2 is 2.24 bits per heavy atom. The quantitative estimate of drug-likeness (QED) is 0.793. The molecule has 0 aliphatic carbocycles. The van der Waals surface area contributed by atoms with Crippen LogP contribution in [0.1, 0.15) is 12.5 Å². The summed E-state index contributed by atoms with van der Waals surface area (Å²) >= 11 is 9.46. The van der Waals surface area contributed by atoms with Crippen LogP contribution < -0.4 is 0 Å². The fourth-order valence-electron chi connectivity index (χ4n) is 2.03. The highest BCUT2D eigenvalue weighted by atomic mass is 79.9. The number of hydrogen-bond acceptors (Lipinski definition) is 2. The number of halogens is 2. The highest BCUT2D eigenvalue weighted by Gasteiger charge is 2.25. The van der Waals surface area contributed by atoms with E-state index in [0.717, 1.165) is 19.7 Å². The van der Waals surface area contributed by atoms with Crippen LogP contribution >= 0.6 is 27.5 Å². The summed E-state index contributed by atoms with van der Waals surface area (Å²) in [6.07, 6.45) is 0.162. The Labute approximate surface area is 116 Å². The number of alkyl halides is 1. The third-order valence-corrected chi connectivity index (χ3v) is 4.26. The van der Waals surface area contributed by atoms with E-state index in [1.807, 2.05) is 6.07 Å². The Bertz CT molecular complexity index is 374. The molecular formula is C13H17BrClNO. The normalized spacial score (nSPS) is 26.1. The molecule has 0 saturated carbocycles. The lowest BCUT2D eigenvalue weighted by molar-refractivity contribution is -0.0511. The maximum atomic E-state index is 5.87. The van der Waals surface area contributed by atoms with Gasteiger partial charge in [0.05, 0.1) is 12.7 Å². The van der Waals surface area contributed by atoms with E-state index < -0.39 is 0 Å². The number of nitrogens with zero attached hydrogens (tertiary/aromatic N) is 1. The van der Waals surface area contributed by atoms with Crippen LogP contribution in [0.3, 0.4) is 0 Å². The van der Waals surface area contributed by atoms with E-state index in [1.165, 1.54) is 10.0 Å². The maximum Gasteiger partial charge on any atom is 0.0838 e. The molecule has 0 bridgehead atoms. The van der Waals surface area contributed by atoms with Gasteiger partial charge in [-0.25, -0.2) is 0 Å². The molecule has 1 aliphatic rings. The van der Waals surface area contributed by atoms with Crippen LogP contribution in [-0.2, 0) is 11.3 Å². The Hall–Kier alpha value is -0.0900. The number of hydrogen-bond donors (Lipinski definition) is 0. The number of benzene rings is 1. The van der Waals surface area contributed by atoms with Gasteiger partial charge < -0.3 is 4.74 Å². The molecule has 2 atom stereocenters. The van der Waals surface area contributed by atoms with Crippen LogP contribution in [0, 0.1) is 0 Å². The Morgan fingerprint density at radius 1 is 1.47 bits per heavy atom. The predicted octanol–water partition coefficient (Wildman–Crippen LogP) is 3.28. The van der Waals surface area contributed by atoms with Crippen LogP contribution in [0.4, 0.5) is 0 Å². The van der Waals surface area contributed by atoms with Gasteiger partial charge in [-0.15, -0.1) is 11.6 Å². The molecule has 17 heavy (non-hydrogen) atoms. The molecule has 1 aliphatic heterocycles. The molecule has 0 radical (unpaired) electrons. The van der Waals surface area contributed by atoms with Crippen LogP contribution in [0.15, 0.2) is 28.7 Å². The molecule has 2 unspecified atom stereocenters. The van der Waals surface area contributed by atoms with Crippen molar-refractivity contribution in [3.8, 4) is 0 Å². The van der Waals surface area contributed by atoms with E-state index in [-0.39, 0.29) is 6.10 Å². The van der Waals surface area contributed by atoms with E-state index in [9.17, 15) is 0 Å². The third-order valence-electron chi connectivity index (χ3n) is 3.14. The first-order chi connectivity index (χ1) is 8.20. The van der Waals surface area contributed by atoms with Gasteiger partial charge in [0, 0.05) is 29.5 Å². The lowest BCUT2D eigenvalue weighted by Gasteiger charge is -2.37. The first-order valence-corrected chi connectivity index (χ1v) is 7.18. The summed E-state index contributed by atoms with van der Waals surface area (Å²) < 4.78 is 6.82. The molecule has 0 aromatic heterocycles. The molecule has 0 spiro atoms. The van der Waals surface area contributed by atoms with Gasteiger partial charge in [0.25, 0.3) is 0 Å². The zero-order valence-corrected chi connectivity index (χ0v) is 12.2. The van der Waals surface area contributed by atoms with Crippen molar-refractivity contribution in [3.05, 3.63) is 34.3 Å². The Balaban J connectivity index is 2.04. The van der Waals surface area contributed by atoms with Crippen molar-refractivity contribution >= 4 is 27.5 Å². The summed E-state index contributed by atoms with van der Waals surface area (Å²) in [6, 6.07) is 8.80. The van der Waals surface area contributed by atoms with E-state index in [0.29, 0.717) is 11.9 Å². The molecule has 0 amide bonds. The van der Waals surface area contributed by atoms with Crippen molar-refractivity contribution < 1.29 is 4.74 Å². The molecule has 2 rings (SSSR count). The third kappa shape index (κ3) is 3.44. The molecule has 1 aromatic rings. The van der Waals surface area contributed by atoms with E-state index in [4.69, 9.17) is 16.3 Å². The van der Waals surface area contributed by atoms with Crippen LogP contribution in [0.5, 0.6) is 0 Å². The lowest BCUT2D eigenvalue weighted by atomic mass is 10.1. The SMILES string of the molecule is CC1COC(CCl)CN1Cc1ccccc1Br. The minimum atomic E-state index is 0.162. The van der Waals surface area contributed by atoms with Gasteiger partial charge in [-0.1, -0.05) is 34.1 Å². The minimum Gasteiger partial charge on any atom is -0.374 e. The van der Waals surface area contributed by atoms with Crippen molar-refractivity contribution in [2.24, 2.45) is 0 Å². The number of rotatable bonds is 3. The standard InChI is InChI=1S/C13H17BrClNO/c1-10-9-17-12(6-15)8-16(10)7-11-4-2-3-5-13(11)14/h2-5,10,12H,6-9H2,1H3. The predicted molar refractivity (Wildman–Crippen MR) is 74.5 cm³/mol. The minimum absolute atomic E-state index is 0.162. The molecule has 1 heterocycles. The van der Waals surface area contributed by atoms with Gasteiger partial charge in [0.15, 0.2) is 0 Å². The van der Waals surface area contributed by atoms with Crippen molar-refractivity contribution in [1.29, 1.82) is 0 Å². The van der Waals surface area contributed by atoms with Gasteiger partial charge >= 0.3 is 0 Å². The summed E-state index contributed by atoms with van der Waals surface area (Å²) in [4.78, 5) is 2.43. The molecule has 94 valence electrons. The van der Waals surface area contributed by atoms with E-state index in [2.05, 4.69) is 46.0 Å². The monoisotopic (exact) mass is 317 g/mol. The van der Waals surface area contributed by atoms with Gasteiger partial charge in [0.2, 0.25) is 0 Å². The van der Waals surface area contributed by atoms with Gasteiger partial charge in [-0.3, -0.25) is 4.90 Å². The zero-order valence-electron chi connectivity index (χ0n) is 9.90. The van der Waals surface area contributed by atoms with Crippen molar-refractivity contribution in [2.75, 3.05) is 19.0 Å². The fraction of sp³-hybridized carbons (Fsp3) is 0.538. The topological polar surface area (TPSA) is 12.5 Å². The van der Waals surface area contributed by atoms with Gasteiger partial charge in [-0.05, 0) is 18.6 Å². The molecule has 0 N–H and O–H groups in total. The number of morpholine rings is 1. The average molecular weight is 319 g/mol. The molecule has 1 saturated heterocycles. The fourth-order valence-corrected chi connectivity index (χ4v) is 2.63. The summed E-state index contributed by atoms with van der Waals surface area (Å²) in [5.41, 5.74) is 1.31. The second kappa shape index (κ2) is 6.19. The highest BCUT2D eigenvalue weighted by molar-refractivity contribution is 9.10. The zero-order chi connectivity index (χ0) is 12.3. The second-order valence-corrected chi connectivity index (χ2v) is 5.64. The first-order valence-electron chi connectivity index (χ1n) is 5.85. The maximum absolute atomic E-state index is 5.87. The van der Waals surface area contributed by atoms with Gasteiger partial charge in [0.1, 0.15) is 0 Å². The lowest BCUT2D eigenvalue weighted by Crippen LogP contribution is -2.48. The molecule has 4 heteroatoms. The molecule has 1 aromatic carbocycles. The molecule has 1 fully saturated rings. The average Bonchev–Trinajstić information content (AvgIpc) is 2.35. The van der Waals surface area contributed by atoms with Crippen molar-refractivity contribution in [2.45, 2.75) is 25.6 Å². The number of ether oxygens (including phenoxy) is 1. The Kier molecular flexibility index (Phi) is 4.86. The van der Waals surface area contributed by atoms with Crippen molar-refractivity contribution in [3.63, 3.8) is 0 Å². The largest absolute Gasteiger partial charge is 0.374 e. The Morgan fingerprint density at radius 3 is 2.94 bits per heavy atom. The summed E-state index contributed by atoms with van der Waals surface area (Å²) in [5.74, 6) is 0.569. The molecular weight excluding hydrogens is 302 g/mol. The summed E-state index contributed by atoms with van der Waals surface area (Å²) in [7, 11) is 0. The smallest absolute Gasteiger partial charge is 0.0838 e. The van der Waals surface area contributed by atoms with E-state index in [1.54, 1.807) is 0 Å². The second-order valence-electron chi connectivity index (χ2n) is 4.48. The summed E-state index contributed by atoms with van der Waals surface area (Å²) in [6.45, 7) is 4.81.